The molecule has 3 heterocycles. The molecule has 1 aromatic carbocycles. The molecule has 0 aliphatic carbocycles. The molecule has 0 amide bonds. The Labute approximate surface area is 147 Å². The highest BCUT2D eigenvalue weighted by Gasteiger charge is 2.17. The zero-order chi connectivity index (χ0) is 18.3. The first kappa shape index (κ1) is 16.4. The van der Waals surface area contributed by atoms with Crippen LogP contribution in [-0.4, -0.2) is 54.2 Å². The quantitative estimate of drug-likeness (QED) is 0.431. The van der Waals surface area contributed by atoms with E-state index in [0.29, 0.717) is 11.6 Å². The van der Waals surface area contributed by atoms with E-state index >= 15 is 0 Å². The molecule has 8 nitrogen and oxygen atoms in total. The lowest BCUT2D eigenvalue weighted by atomic mass is 10.2. The molecule has 4 rings (SSSR count). The van der Waals surface area contributed by atoms with Gasteiger partial charge in [-0.05, 0) is 25.1 Å². The lowest BCUT2D eigenvalue weighted by Gasteiger charge is -2.12. The molecule has 134 valence electrons. The van der Waals surface area contributed by atoms with Gasteiger partial charge in [0.2, 0.25) is 5.95 Å². The fourth-order valence-corrected chi connectivity index (χ4v) is 2.98. The third-order valence-corrected chi connectivity index (χ3v) is 4.23. The second-order valence-electron chi connectivity index (χ2n) is 6.01. The molecule has 0 radical (unpaired) electrons. The monoisotopic (exact) mass is 356 g/mol. The molecular weight excluding hydrogens is 339 g/mol. The maximum Gasteiger partial charge on any atom is 0.223 e. The van der Waals surface area contributed by atoms with E-state index in [2.05, 4.69) is 25.5 Å². The first-order chi connectivity index (χ1) is 12.6. The number of hydrogen-bond acceptors (Lipinski definition) is 6. The summed E-state index contributed by atoms with van der Waals surface area (Å²) in [5, 5.41) is 28.9. The van der Waals surface area contributed by atoms with Gasteiger partial charge in [-0.3, -0.25) is 5.10 Å². The molecule has 3 aromatic heterocycles. The minimum Gasteiger partial charge on any atom is -0.394 e. The smallest absolute Gasteiger partial charge is 0.223 e. The first-order valence-corrected chi connectivity index (χ1v) is 8.08. The van der Waals surface area contributed by atoms with Gasteiger partial charge in [-0.1, -0.05) is 0 Å². The number of aromatic nitrogens is 5. The first-order valence-electron chi connectivity index (χ1n) is 8.08. The van der Waals surface area contributed by atoms with Crippen LogP contribution in [0.1, 0.15) is 5.69 Å². The van der Waals surface area contributed by atoms with Crippen LogP contribution in [0.5, 0.6) is 0 Å². The number of halogens is 1. The Balaban J connectivity index is 1.81. The van der Waals surface area contributed by atoms with Gasteiger partial charge in [0.1, 0.15) is 5.82 Å². The highest BCUT2D eigenvalue weighted by atomic mass is 19.1. The van der Waals surface area contributed by atoms with Crippen molar-refractivity contribution in [3.63, 3.8) is 0 Å². The van der Waals surface area contributed by atoms with E-state index in [0.717, 1.165) is 27.6 Å². The zero-order valence-corrected chi connectivity index (χ0v) is 13.9. The van der Waals surface area contributed by atoms with E-state index in [1.807, 2.05) is 11.5 Å². The summed E-state index contributed by atoms with van der Waals surface area (Å²) in [6, 6.07) is 4.59. The molecule has 0 saturated carbocycles. The number of H-pyrrole nitrogens is 1. The summed E-state index contributed by atoms with van der Waals surface area (Å²) in [6.07, 6.45) is 2.45. The molecule has 4 aromatic rings. The van der Waals surface area contributed by atoms with Crippen LogP contribution in [-0.2, 0) is 0 Å². The van der Waals surface area contributed by atoms with Gasteiger partial charge >= 0.3 is 0 Å². The van der Waals surface area contributed by atoms with Crippen molar-refractivity contribution in [2.45, 2.75) is 13.0 Å². The number of aromatic amines is 1. The largest absolute Gasteiger partial charge is 0.394 e. The molecule has 0 fully saturated rings. The molecule has 4 N–H and O–H groups in total. The van der Waals surface area contributed by atoms with Gasteiger partial charge in [0.25, 0.3) is 0 Å². The number of hydrogen-bond donors (Lipinski definition) is 4. The average Bonchev–Trinajstić information content (AvgIpc) is 3.21. The number of rotatable bonds is 5. The van der Waals surface area contributed by atoms with Crippen molar-refractivity contribution in [1.82, 2.24) is 24.7 Å². The lowest BCUT2D eigenvalue weighted by molar-refractivity contribution is 0.105. The number of fused-ring (bicyclic) bond motifs is 3. The van der Waals surface area contributed by atoms with Crippen LogP contribution in [0.2, 0.25) is 0 Å². The van der Waals surface area contributed by atoms with Crippen LogP contribution >= 0.6 is 0 Å². The van der Waals surface area contributed by atoms with Crippen LogP contribution in [0.15, 0.2) is 30.6 Å². The van der Waals surface area contributed by atoms with E-state index in [4.69, 9.17) is 5.11 Å². The number of aliphatic hydroxyl groups is 2. The highest BCUT2D eigenvalue weighted by molar-refractivity contribution is 6.06. The molecular formula is C17H17FN6O2. The number of aryl methyl sites for hydroxylation is 1. The summed E-state index contributed by atoms with van der Waals surface area (Å²) in [5.41, 5.74) is 3.80. The third kappa shape index (κ3) is 2.67. The summed E-state index contributed by atoms with van der Waals surface area (Å²) in [6.45, 7) is 1.65. The Morgan fingerprint density at radius 1 is 1.31 bits per heavy atom. The Hall–Kier alpha value is -3.04. The van der Waals surface area contributed by atoms with Crippen LogP contribution in [0.4, 0.5) is 10.3 Å². The average molecular weight is 356 g/mol. The maximum atomic E-state index is 13.7. The number of nitrogens with one attached hydrogen (secondary N) is 2. The SMILES string of the molecule is Cc1nc(NCC(O)CO)ncc1-n1c2ccc(F)cc2c2[nH]ncc21. The van der Waals surface area contributed by atoms with Gasteiger partial charge in [0, 0.05) is 11.9 Å². The summed E-state index contributed by atoms with van der Waals surface area (Å²) >= 11 is 0. The van der Waals surface area contributed by atoms with Crippen molar-refractivity contribution in [1.29, 1.82) is 0 Å². The molecule has 1 unspecified atom stereocenters. The topological polar surface area (TPSA) is 112 Å². The molecule has 0 spiro atoms. The number of anilines is 1. The molecule has 1 atom stereocenters. The lowest BCUT2D eigenvalue weighted by Crippen LogP contribution is -2.24. The molecule has 26 heavy (non-hydrogen) atoms. The second-order valence-corrected chi connectivity index (χ2v) is 6.01. The second kappa shape index (κ2) is 6.36. The fraction of sp³-hybridized carbons (Fsp3) is 0.235. The minimum atomic E-state index is -0.882. The third-order valence-electron chi connectivity index (χ3n) is 4.23. The van der Waals surface area contributed by atoms with Gasteiger partial charge < -0.3 is 20.1 Å². The van der Waals surface area contributed by atoms with Gasteiger partial charge in [-0.25, -0.2) is 14.4 Å². The standard InChI is InChI=1S/C17H17FN6O2/c1-9-14(6-20-17(22-9)19-5-11(26)8-25)24-13-3-2-10(18)4-12(13)16-15(24)7-21-23-16/h2-4,6-7,11,25-26H,5,8H2,1H3,(H,21,23)(H,19,20,22). The normalized spacial score (nSPS) is 12.8. The number of benzene rings is 1. The van der Waals surface area contributed by atoms with Crippen molar-refractivity contribution < 1.29 is 14.6 Å². The Morgan fingerprint density at radius 2 is 2.15 bits per heavy atom. The fourth-order valence-electron chi connectivity index (χ4n) is 2.98. The van der Waals surface area contributed by atoms with Gasteiger partial charge in [0.15, 0.2) is 0 Å². The number of nitrogens with zero attached hydrogens (tertiary/aromatic N) is 4. The Bertz CT molecular complexity index is 1090. The molecule has 0 aliphatic rings. The van der Waals surface area contributed by atoms with Crippen molar-refractivity contribution in [2.24, 2.45) is 0 Å². The summed E-state index contributed by atoms with van der Waals surface area (Å²) in [7, 11) is 0. The van der Waals surface area contributed by atoms with E-state index in [9.17, 15) is 9.50 Å². The maximum absolute atomic E-state index is 13.7. The molecule has 0 saturated heterocycles. The predicted molar refractivity (Wildman–Crippen MR) is 94.8 cm³/mol. The van der Waals surface area contributed by atoms with E-state index in [1.54, 1.807) is 18.5 Å². The van der Waals surface area contributed by atoms with Crippen molar-refractivity contribution in [2.75, 3.05) is 18.5 Å². The van der Waals surface area contributed by atoms with Crippen LogP contribution in [0.25, 0.3) is 27.6 Å². The van der Waals surface area contributed by atoms with E-state index in [-0.39, 0.29) is 19.0 Å². The summed E-state index contributed by atoms with van der Waals surface area (Å²) < 4.78 is 15.6. The summed E-state index contributed by atoms with van der Waals surface area (Å²) in [4.78, 5) is 8.69. The van der Waals surface area contributed by atoms with Crippen LogP contribution in [0.3, 0.4) is 0 Å². The van der Waals surface area contributed by atoms with Gasteiger partial charge in [-0.15, -0.1) is 0 Å². The Morgan fingerprint density at radius 3 is 2.92 bits per heavy atom. The van der Waals surface area contributed by atoms with Crippen LogP contribution < -0.4 is 5.32 Å². The molecule has 9 heteroatoms. The summed E-state index contributed by atoms with van der Waals surface area (Å²) in [5.74, 6) is 0.0332. The van der Waals surface area contributed by atoms with Crippen molar-refractivity contribution in [3.05, 3.63) is 42.1 Å². The van der Waals surface area contributed by atoms with Crippen molar-refractivity contribution in [3.8, 4) is 5.69 Å². The minimum absolute atomic E-state index is 0.146. The molecule has 0 aliphatic heterocycles. The van der Waals surface area contributed by atoms with E-state index in [1.165, 1.54) is 12.1 Å². The molecule has 0 bridgehead atoms. The van der Waals surface area contributed by atoms with Gasteiger partial charge in [-0.2, -0.15) is 5.10 Å². The van der Waals surface area contributed by atoms with Crippen molar-refractivity contribution >= 4 is 27.9 Å². The highest BCUT2D eigenvalue weighted by Crippen LogP contribution is 2.31. The Kier molecular flexibility index (Phi) is 4.02. The predicted octanol–water partition coefficient (Wildman–Crippen LogP) is 1.51. The number of aliphatic hydroxyl groups excluding tert-OH is 2. The van der Waals surface area contributed by atoms with Gasteiger partial charge in [0.05, 0.1) is 53.0 Å². The van der Waals surface area contributed by atoms with Crippen LogP contribution in [0, 0.1) is 12.7 Å². The zero-order valence-electron chi connectivity index (χ0n) is 13.9. The van der Waals surface area contributed by atoms with E-state index < -0.39 is 6.10 Å².